The molecule has 0 amide bonds. The highest BCUT2D eigenvalue weighted by Crippen LogP contribution is 2.06. The van der Waals surface area contributed by atoms with Crippen LogP contribution in [0.25, 0.3) is 0 Å². The van der Waals surface area contributed by atoms with E-state index in [9.17, 15) is 0 Å². The lowest BCUT2D eigenvalue weighted by molar-refractivity contribution is 0.0159. The molecule has 3 nitrogen and oxygen atoms in total. The minimum atomic E-state index is -0.0444. The van der Waals surface area contributed by atoms with Crippen LogP contribution < -0.4 is 0 Å². The zero-order valence-electron chi connectivity index (χ0n) is 7.32. The molecule has 0 saturated heterocycles. The normalized spacial score (nSPS) is 12.4. The fourth-order valence-electron chi connectivity index (χ4n) is 0.929. The van der Waals surface area contributed by atoms with Crippen molar-refractivity contribution in [2.45, 2.75) is 20.1 Å². The summed E-state index contributed by atoms with van der Waals surface area (Å²) < 4.78 is 7.02. The van der Waals surface area contributed by atoms with Gasteiger partial charge >= 0.3 is 0 Å². The summed E-state index contributed by atoms with van der Waals surface area (Å²) in [6.07, 6.45) is 8.59. The quantitative estimate of drug-likeness (QED) is 0.632. The van der Waals surface area contributed by atoms with Gasteiger partial charge in [-0.3, -0.25) is 0 Å². The van der Waals surface area contributed by atoms with Gasteiger partial charge in [0.05, 0.1) is 11.8 Å². The van der Waals surface area contributed by atoms with Gasteiger partial charge in [0.25, 0.3) is 0 Å². The molecular formula is C9H12N2O. The van der Waals surface area contributed by atoms with Gasteiger partial charge in [-0.15, -0.1) is 6.42 Å². The molecule has 0 saturated carbocycles. The Morgan fingerprint density at radius 2 is 2.58 bits per heavy atom. The Bertz CT molecular complexity index is 285. The number of hydrogen-bond acceptors (Lipinski definition) is 2. The Balaban J connectivity index is 2.69. The van der Waals surface area contributed by atoms with Gasteiger partial charge in [0, 0.05) is 12.8 Å². The summed E-state index contributed by atoms with van der Waals surface area (Å²) in [7, 11) is 0. The van der Waals surface area contributed by atoms with Crippen LogP contribution in [0.5, 0.6) is 0 Å². The average molecular weight is 164 g/mol. The first-order chi connectivity index (χ1) is 5.77. The standard InChI is InChI=1S/C9H12N2O/c1-4-9-6-10-11(7-9)8(3)12-5-2/h1,6-8H,5H2,2-3H3. The van der Waals surface area contributed by atoms with Crippen molar-refractivity contribution in [2.24, 2.45) is 0 Å². The molecule has 0 bridgehead atoms. The van der Waals surface area contributed by atoms with E-state index in [0.717, 1.165) is 5.56 Å². The number of ether oxygens (including phenoxy) is 1. The van der Waals surface area contributed by atoms with Crippen molar-refractivity contribution in [2.75, 3.05) is 6.61 Å². The smallest absolute Gasteiger partial charge is 0.147 e. The largest absolute Gasteiger partial charge is 0.357 e. The van der Waals surface area contributed by atoms with E-state index >= 15 is 0 Å². The average Bonchev–Trinajstić information content (AvgIpc) is 2.52. The van der Waals surface area contributed by atoms with Gasteiger partial charge in [-0.05, 0) is 13.8 Å². The highest BCUT2D eigenvalue weighted by molar-refractivity contribution is 5.26. The molecule has 3 heteroatoms. The van der Waals surface area contributed by atoms with E-state index in [-0.39, 0.29) is 6.23 Å². The van der Waals surface area contributed by atoms with E-state index < -0.39 is 0 Å². The monoisotopic (exact) mass is 164 g/mol. The molecule has 12 heavy (non-hydrogen) atoms. The first kappa shape index (κ1) is 8.82. The van der Waals surface area contributed by atoms with Crippen molar-refractivity contribution >= 4 is 0 Å². The SMILES string of the molecule is C#Cc1cnn(C(C)OCC)c1. The van der Waals surface area contributed by atoms with E-state index in [2.05, 4.69) is 11.0 Å². The molecule has 0 N–H and O–H groups in total. The zero-order valence-corrected chi connectivity index (χ0v) is 7.32. The minimum Gasteiger partial charge on any atom is -0.357 e. The van der Waals surface area contributed by atoms with Crippen molar-refractivity contribution in [3.63, 3.8) is 0 Å². The van der Waals surface area contributed by atoms with Gasteiger partial charge < -0.3 is 4.74 Å². The molecule has 0 radical (unpaired) electrons. The molecule has 0 spiro atoms. The lowest BCUT2D eigenvalue weighted by Crippen LogP contribution is -2.09. The molecule has 0 aliphatic carbocycles. The number of rotatable bonds is 3. The second-order valence-corrected chi connectivity index (χ2v) is 2.41. The maximum Gasteiger partial charge on any atom is 0.147 e. The van der Waals surface area contributed by atoms with Gasteiger partial charge in [0.2, 0.25) is 0 Å². The molecule has 64 valence electrons. The van der Waals surface area contributed by atoms with Crippen LogP contribution in [0.2, 0.25) is 0 Å². The molecule has 0 fully saturated rings. The summed E-state index contributed by atoms with van der Waals surface area (Å²) in [6, 6.07) is 0. The zero-order chi connectivity index (χ0) is 8.97. The summed E-state index contributed by atoms with van der Waals surface area (Å²) in [5.74, 6) is 2.51. The Morgan fingerprint density at radius 1 is 1.83 bits per heavy atom. The van der Waals surface area contributed by atoms with Crippen LogP contribution in [-0.4, -0.2) is 16.4 Å². The number of aromatic nitrogens is 2. The molecule has 1 aromatic heterocycles. The molecule has 1 atom stereocenters. The molecule has 1 heterocycles. The maximum atomic E-state index is 5.32. The molecule has 1 unspecified atom stereocenters. The summed E-state index contributed by atoms with van der Waals surface area (Å²) in [5, 5.41) is 4.05. The molecule has 1 rings (SSSR count). The summed E-state index contributed by atoms with van der Waals surface area (Å²) in [4.78, 5) is 0. The van der Waals surface area contributed by atoms with Crippen molar-refractivity contribution in [1.29, 1.82) is 0 Å². The van der Waals surface area contributed by atoms with Gasteiger partial charge in [0.15, 0.2) is 0 Å². The van der Waals surface area contributed by atoms with E-state index in [1.165, 1.54) is 0 Å². The van der Waals surface area contributed by atoms with Crippen LogP contribution in [0.1, 0.15) is 25.6 Å². The Labute approximate surface area is 72.3 Å². The summed E-state index contributed by atoms with van der Waals surface area (Å²) in [5.41, 5.74) is 0.779. The maximum absolute atomic E-state index is 5.32. The number of terminal acetylenes is 1. The van der Waals surface area contributed by atoms with Crippen LogP contribution in [0, 0.1) is 12.3 Å². The topological polar surface area (TPSA) is 27.1 Å². The first-order valence-corrected chi connectivity index (χ1v) is 3.90. The van der Waals surface area contributed by atoms with Gasteiger partial charge in [-0.1, -0.05) is 5.92 Å². The highest BCUT2D eigenvalue weighted by atomic mass is 16.5. The second-order valence-electron chi connectivity index (χ2n) is 2.41. The lowest BCUT2D eigenvalue weighted by Gasteiger charge is -2.10. The van der Waals surface area contributed by atoms with Crippen molar-refractivity contribution < 1.29 is 4.74 Å². The molecule has 0 aliphatic rings. The van der Waals surface area contributed by atoms with Crippen LogP contribution in [0.3, 0.4) is 0 Å². The fraction of sp³-hybridized carbons (Fsp3) is 0.444. The second kappa shape index (κ2) is 3.93. The fourth-order valence-corrected chi connectivity index (χ4v) is 0.929. The third-order valence-electron chi connectivity index (χ3n) is 1.55. The van der Waals surface area contributed by atoms with Crippen molar-refractivity contribution in [3.05, 3.63) is 18.0 Å². The third-order valence-corrected chi connectivity index (χ3v) is 1.55. The van der Waals surface area contributed by atoms with E-state index in [0.29, 0.717) is 6.61 Å². The third kappa shape index (κ3) is 1.86. The van der Waals surface area contributed by atoms with Crippen LogP contribution in [0.4, 0.5) is 0 Å². The molecular weight excluding hydrogens is 152 g/mol. The summed E-state index contributed by atoms with van der Waals surface area (Å²) in [6.45, 7) is 4.55. The summed E-state index contributed by atoms with van der Waals surface area (Å²) >= 11 is 0. The predicted octanol–water partition coefficient (Wildman–Crippen LogP) is 1.42. The van der Waals surface area contributed by atoms with E-state index in [1.807, 2.05) is 13.8 Å². The van der Waals surface area contributed by atoms with Gasteiger partial charge in [-0.2, -0.15) is 5.10 Å². The molecule has 0 aliphatic heterocycles. The van der Waals surface area contributed by atoms with Crippen LogP contribution in [-0.2, 0) is 4.74 Å². The Morgan fingerprint density at radius 3 is 3.08 bits per heavy atom. The van der Waals surface area contributed by atoms with Crippen LogP contribution >= 0.6 is 0 Å². The van der Waals surface area contributed by atoms with Gasteiger partial charge in [-0.25, -0.2) is 4.68 Å². The van der Waals surface area contributed by atoms with Crippen molar-refractivity contribution in [1.82, 2.24) is 9.78 Å². The molecule has 1 aromatic rings. The number of nitrogens with zero attached hydrogens (tertiary/aromatic N) is 2. The predicted molar refractivity (Wildman–Crippen MR) is 46.5 cm³/mol. The minimum absolute atomic E-state index is 0.0444. The highest BCUT2D eigenvalue weighted by Gasteiger charge is 2.03. The van der Waals surface area contributed by atoms with E-state index in [4.69, 9.17) is 11.2 Å². The molecule has 0 aromatic carbocycles. The Kier molecular flexibility index (Phi) is 2.89. The first-order valence-electron chi connectivity index (χ1n) is 3.90. The van der Waals surface area contributed by atoms with Gasteiger partial charge in [0.1, 0.15) is 6.23 Å². The lowest BCUT2D eigenvalue weighted by atomic mass is 10.4. The van der Waals surface area contributed by atoms with E-state index in [1.54, 1.807) is 17.1 Å². The van der Waals surface area contributed by atoms with Crippen LogP contribution in [0.15, 0.2) is 12.4 Å². The Hall–Kier alpha value is -1.27. The number of hydrogen-bond donors (Lipinski definition) is 0. The van der Waals surface area contributed by atoms with Crippen molar-refractivity contribution in [3.8, 4) is 12.3 Å².